The van der Waals surface area contributed by atoms with Gasteiger partial charge in [-0.1, -0.05) is 45.6 Å². The Balaban J connectivity index is 1.50. The number of rotatable bonds is 4. The average Bonchev–Trinajstić information content (AvgIpc) is 3.30. The van der Waals surface area contributed by atoms with Crippen LogP contribution in [0.5, 0.6) is 0 Å². The molecule has 35 heavy (non-hydrogen) atoms. The van der Waals surface area contributed by atoms with Crippen LogP contribution in [-0.2, 0) is 0 Å². The third-order valence-corrected chi connectivity index (χ3v) is 13.8. The van der Waals surface area contributed by atoms with Crippen LogP contribution in [0.4, 0.5) is 0 Å². The molecule has 0 amide bonds. The Morgan fingerprint density at radius 1 is 0.714 bits per heavy atom. The SMILES string of the molecule is C=CC(C)(N1CCCCC1)C1(N2CCCCC2)CCC[C@@H]2CCC3C4CCC[C@@]4(C)CCC3[C@]21C. The Morgan fingerprint density at radius 3 is 2.11 bits per heavy atom. The summed E-state index contributed by atoms with van der Waals surface area (Å²) in [6, 6.07) is 0. The molecular formula is C33H56N2. The van der Waals surface area contributed by atoms with E-state index in [2.05, 4.69) is 36.6 Å². The molecule has 6 aliphatic rings. The molecule has 2 heterocycles. The van der Waals surface area contributed by atoms with E-state index < -0.39 is 0 Å². The van der Waals surface area contributed by atoms with Crippen LogP contribution >= 0.6 is 0 Å². The average molecular weight is 481 g/mol. The van der Waals surface area contributed by atoms with Crippen LogP contribution in [0.1, 0.15) is 124 Å². The maximum absolute atomic E-state index is 4.69. The predicted molar refractivity (Wildman–Crippen MR) is 149 cm³/mol. The van der Waals surface area contributed by atoms with E-state index in [0.29, 0.717) is 10.8 Å². The molecule has 0 aromatic carbocycles. The minimum Gasteiger partial charge on any atom is -0.295 e. The van der Waals surface area contributed by atoms with Crippen molar-refractivity contribution in [3.8, 4) is 0 Å². The van der Waals surface area contributed by atoms with Crippen LogP contribution in [0, 0.1) is 34.5 Å². The van der Waals surface area contributed by atoms with Crippen molar-refractivity contribution in [3.63, 3.8) is 0 Å². The smallest absolute Gasteiger partial charge is 0.0550 e. The van der Waals surface area contributed by atoms with Crippen LogP contribution in [-0.4, -0.2) is 47.1 Å². The molecule has 2 heteroatoms. The Labute approximate surface area is 217 Å². The minimum atomic E-state index is 0.0799. The molecule has 2 saturated heterocycles. The van der Waals surface area contributed by atoms with Gasteiger partial charge < -0.3 is 0 Å². The van der Waals surface area contributed by atoms with E-state index in [0.717, 1.165) is 23.7 Å². The summed E-state index contributed by atoms with van der Waals surface area (Å²) in [5.41, 5.74) is 1.39. The normalized spacial score (nSPS) is 48.9. The van der Waals surface area contributed by atoms with Crippen molar-refractivity contribution < 1.29 is 0 Å². The number of hydrogen-bond acceptors (Lipinski definition) is 2. The molecule has 0 aromatic heterocycles. The first-order valence-corrected chi connectivity index (χ1v) is 16.0. The van der Waals surface area contributed by atoms with Crippen molar-refractivity contribution in [2.45, 2.75) is 135 Å². The van der Waals surface area contributed by atoms with E-state index in [-0.39, 0.29) is 11.1 Å². The second kappa shape index (κ2) is 9.14. The Hall–Kier alpha value is -0.340. The lowest BCUT2D eigenvalue weighted by Gasteiger charge is -2.74. The molecule has 4 saturated carbocycles. The minimum absolute atomic E-state index is 0.0799. The largest absolute Gasteiger partial charge is 0.295 e. The molecule has 2 nitrogen and oxygen atoms in total. The van der Waals surface area contributed by atoms with Gasteiger partial charge in [0.05, 0.1) is 5.54 Å². The van der Waals surface area contributed by atoms with Gasteiger partial charge in [0.25, 0.3) is 0 Å². The maximum atomic E-state index is 4.69. The number of fused-ring (bicyclic) bond motifs is 5. The monoisotopic (exact) mass is 480 g/mol. The summed E-state index contributed by atoms with van der Waals surface area (Å²) < 4.78 is 0. The van der Waals surface area contributed by atoms with E-state index in [1.54, 1.807) is 0 Å². The van der Waals surface area contributed by atoms with Gasteiger partial charge in [0.2, 0.25) is 0 Å². The van der Waals surface area contributed by atoms with Gasteiger partial charge in [-0.25, -0.2) is 0 Å². The number of nitrogens with zero attached hydrogens (tertiary/aromatic N) is 2. The molecule has 2 aliphatic heterocycles. The molecule has 5 unspecified atom stereocenters. The summed E-state index contributed by atoms with van der Waals surface area (Å²) in [5.74, 6) is 3.82. The summed E-state index contributed by atoms with van der Waals surface area (Å²) in [7, 11) is 0. The highest BCUT2D eigenvalue weighted by atomic mass is 15.3. The van der Waals surface area contributed by atoms with Crippen LogP contribution in [0.15, 0.2) is 12.7 Å². The molecule has 6 rings (SSSR count). The molecule has 198 valence electrons. The van der Waals surface area contributed by atoms with Crippen LogP contribution in [0.3, 0.4) is 0 Å². The van der Waals surface area contributed by atoms with Crippen molar-refractivity contribution in [2.24, 2.45) is 34.5 Å². The van der Waals surface area contributed by atoms with Gasteiger partial charge in [-0.15, -0.1) is 6.58 Å². The highest BCUT2D eigenvalue weighted by molar-refractivity contribution is 5.29. The summed E-state index contributed by atoms with van der Waals surface area (Å²) in [6.07, 6.45) is 25.9. The topological polar surface area (TPSA) is 6.48 Å². The van der Waals surface area contributed by atoms with Crippen molar-refractivity contribution in [2.75, 3.05) is 26.2 Å². The number of piperidine rings is 2. The lowest BCUT2D eigenvalue weighted by atomic mass is 9.38. The van der Waals surface area contributed by atoms with Gasteiger partial charge in [0.1, 0.15) is 0 Å². The zero-order valence-electron chi connectivity index (χ0n) is 23.6. The first kappa shape index (κ1) is 25.0. The Morgan fingerprint density at radius 2 is 1.40 bits per heavy atom. The van der Waals surface area contributed by atoms with Gasteiger partial charge in [-0.05, 0) is 145 Å². The fourth-order valence-electron chi connectivity index (χ4n) is 12.2. The number of likely N-dealkylation sites (tertiary alicyclic amines) is 2. The predicted octanol–water partition coefficient (Wildman–Crippen LogP) is 8.07. The Kier molecular flexibility index (Phi) is 6.52. The van der Waals surface area contributed by atoms with E-state index >= 15 is 0 Å². The molecule has 6 fully saturated rings. The van der Waals surface area contributed by atoms with Gasteiger partial charge >= 0.3 is 0 Å². The van der Waals surface area contributed by atoms with Crippen LogP contribution < -0.4 is 0 Å². The summed E-state index contributed by atoms with van der Waals surface area (Å²) in [5, 5.41) is 0. The first-order chi connectivity index (χ1) is 16.9. The molecule has 4 aliphatic carbocycles. The number of hydrogen-bond donors (Lipinski definition) is 0. The van der Waals surface area contributed by atoms with Gasteiger partial charge in [0, 0.05) is 5.54 Å². The van der Waals surface area contributed by atoms with Gasteiger partial charge in [-0.3, -0.25) is 9.80 Å². The molecule has 0 spiro atoms. The van der Waals surface area contributed by atoms with Crippen molar-refractivity contribution >= 4 is 0 Å². The molecule has 0 aromatic rings. The highest BCUT2D eigenvalue weighted by Crippen LogP contribution is 2.71. The fourth-order valence-corrected chi connectivity index (χ4v) is 12.2. The van der Waals surface area contributed by atoms with E-state index in [1.807, 2.05) is 0 Å². The zero-order chi connectivity index (χ0) is 24.3. The van der Waals surface area contributed by atoms with Crippen molar-refractivity contribution in [3.05, 3.63) is 12.7 Å². The summed E-state index contributed by atoms with van der Waals surface area (Å²) >= 11 is 0. The molecule has 0 bridgehead atoms. The van der Waals surface area contributed by atoms with Crippen LogP contribution in [0.25, 0.3) is 0 Å². The summed E-state index contributed by atoms with van der Waals surface area (Å²) in [4.78, 5) is 6.08. The first-order valence-electron chi connectivity index (χ1n) is 16.0. The lowest BCUT2D eigenvalue weighted by molar-refractivity contribution is -0.228. The molecular weight excluding hydrogens is 424 g/mol. The van der Waals surface area contributed by atoms with Crippen molar-refractivity contribution in [1.29, 1.82) is 0 Å². The van der Waals surface area contributed by atoms with Gasteiger partial charge in [-0.2, -0.15) is 0 Å². The van der Waals surface area contributed by atoms with E-state index in [1.165, 1.54) is 129 Å². The standard InChI is InChI=1S/C33H56N2/c1-5-31(3,34-22-8-6-9-23-34)33(35-24-10-7-11-25-35)20-12-14-26-16-17-27-28-15-13-19-30(28,2)21-18-29(27)32(26,33)4/h5,26-29H,1,6-25H2,2-4H3/t26-,27?,28?,29?,30+,31?,32+,33?/m1/s1. The molecule has 8 atom stereocenters. The third-order valence-electron chi connectivity index (χ3n) is 13.8. The summed E-state index contributed by atoms with van der Waals surface area (Å²) in [6.45, 7) is 18.2. The molecule has 0 radical (unpaired) electrons. The van der Waals surface area contributed by atoms with E-state index in [4.69, 9.17) is 6.58 Å². The van der Waals surface area contributed by atoms with E-state index in [9.17, 15) is 0 Å². The van der Waals surface area contributed by atoms with Gasteiger partial charge in [0.15, 0.2) is 0 Å². The second-order valence-corrected chi connectivity index (χ2v) is 14.7. The fraction of sp³-hybridized carbons (Fsp3) is 0.939. The third kappa shape index (κ3) is 3.40. The zero-order valence-corrected chi connectivity index (χ0v) is 23.6. The van der Waals surface area contributed by atoms with Crippen LogP contribution in [0.2, 0.25) is 0 Å². The Bertz CT molecular complexity index is 780. The lowest BCUT2D eigenvalue weighted by Crippen LogP contribution is -2.80. The highest BCUT2D eigenvalue weighted by Gasteiger charge is 2.71. The maximum Gasteiger partial charge on any atom is 0.0550 e. The molecule has 0 N–H and O–H groups in total. The van der Waals surface area contributed by atoms with Crippen molar-refractivity contribution in [1.82, 2.24) is 9.80 Å². The second-order valence-electron chi connectivity index (χ2n) is 14.7. The quantitative estimate of drug-likeness (QED) is 0.375.